The smallest absolute Gasteiger partial charge is 0.210 e. The lowest BCUT2D eigenvalue weighted by atomic mass is 9.97. The highest BCUT2D eigenvalue weighted by atomic mass is 32.2. The first-order valence-electron chi connectivity index (χ1n) is 6.97. The molecule has 1 aromatic heterocycles. The molecule has 0 saturated heterocycles. The van der Waals surface area contributed by atoms with Gasteiger partial charge in [-0.25, -0.2) is 9.07 Å². The number of hydrogen-bond acceptors (Lipinski definition) is 5. The zero-order chi connectivity index (χ0) is 14.8. The molecule has 0 bridgehead atoms. The van der Waals surface area contributed by atoms with Crippen LogP contribution in [0.2, 0.25) is 0 Å². The second-order valence-electron chi connectivity index (χ2n) is 5.16. The predicted molar refractivity (Wildman–Crippen MR) is 79.7 cm³/mol. The molecule has 7 heteroatoms. The first-order valence-corrected chi connectivity index (χ1v) is 7.85. The van der Waals surface area contributed by atoms with E-state index >= 15 is 0 Å². The van der Waals surface area contributed by atoms with E-state index < -0.39 is 0 Å². The largest absolute Gasteiger partial charge is 0.392 e. The van der Waals surface area contributed by atoms with Gasteiger partial charge in [0, 0.05) is 5.25 Å². The van der Waals surface area contributed by atoms with E-state index in [4.69, 9.17) is 5.84 Å². The van der Waals surface area contributed by atoms with Crippen LogP contribution in [0.5, 0.6) is 0 Å². The van der Waals surface area contributed by atoms with Crippen molar-refractivity contribution in [2.75, 3.05) is 5.84 Å². The molecule has 112 valence electrons. The van der Waals surface area contributed by atoms with Gasteiger partial charge in [-0.05, 0) is 25.0 Å². The average Bonchev–Trinajstić information content (AvgIpc) is 2.83. The van der Waals surface area contributed by atoms with E-state index in [-0.39, 0.29) is 17.2 Å². The minimum absolute atomic E-state index is 0.0683. The molecule has 1 fully saturated rings. The fraction of sp³-hybridized carbons (Fsp3) is 0.429. The maximum atomic E-state index is 13.8. The van der Waals surface area contributed by atoms with Gasteiger partial charge in [0.2, 0.25) is 5.16 Å². The quantitative estimate of drug-likeness (QED) is 0.850. The molecule has 1 aromatic carbocycles. The van der Waals surface area contributed by atoms with Crippen molar-refractivity contribution in [2.24, 2.45) is 0 Å². The Hall–Kier alpha value is -1.60. The highest BCUT2D eigenvalue weighted by Crippen LogP contribution is 2.33. The molecule has 2 unspecified atom stereocenters. The van der Waals surface area contributed by atoms with E-state index in [1.54, 1.807) is 18.2 Å². The monoisotopic (exact) mass is 308 g/mol. The Morgan fingerprint density at radius 1 is 1.24 bits per heavy atom. The third-order valence-corrected chi connectivity index (χ3v) is 5.05. The summed E-state index contributed by atoms with van der Waals surface area (Å²) >= 11 is 1.41. The number of nitrogens with two attached hydrogens (primary N) is 1. The van der Waals surface area contributed by atoms with E-state index in [1.165, 1.54) is 22.5 Å². The second kappa shape index (κ2) is 6.03. The average molecular weight is 308 g/mol. The summed E-state index contributed by atoms with van der Waals surface area (Å²) in [7, 11) is 0. The minimum atomic E-state index is -0.383. The molecule has 3 rings (SSSR count). The normalized spacial score (nSPS) is 22.4. The number of nitrogens with zero attached hydrogens (tertiary/aromatic N) is 3. The maximum Gasteiger partial charge on any atom is 0.210 e. The first kappa shape index (κ1) is 14.3. The summed E-state index contributed by atoms with van der Waals surface area (Å²) in [5, 5.41) is 18.6. The summed E-state index contributed by atoms with van der Waals surface area (Å²) in [4.78, 5) is 0. The minimum Gasteiger partial charge on any atom is -0.392 e. The van der Waals surface area contributed by atoms with Gasteiger partial charge in [0.05, 0.1) is 11.7 Å². The molecule has 1 saturated carbocycles. The Morgan fingerprint density at radius 2 is 2.00 bits per heavy atom. The predicted octanol–water partition coefficient (Wildman–Crippen LogP) is 2.19. The van der Waals surface area contributed by atoms with Crippen molar-refractivity contribution in [3.63, 3.8) is 0 Å². The molecule has 3 N–H and O–H groups in total. The van der Waals surface area contributed by atoms with Gasteiger partial charge < -0.3 is 10.9 Å². The molecule has 5 nitrogen and oxygen atoms in total. The fourth-order valence-corrected chi connectivity index (χ4v) is 3.67. The van der Waals surface area contributed by atoms with Crippen LogP contribution in [0.1, 0.15) is 25.7 Å². The van der Waals surface area contributed by atoms with Gasteiger partial charge in [-0.2, -0.15) is 0 Å². The van der Waals surface area contributed by atoms with Crippen LogP contribution >= 0.6 is 11.8 Å². The van der Waals surface area contributed by atoms with E-state index in [0.29, 0.717) is 16.5 Å². The number of benzene rings is 1. The lowest BCUT2D eigenvalue weighted by molar-refractivity contribution is 0.137. The number of aliphatic hydroxyl groups is 1. The van der Waals surface area contributed by atoms with Gasteiger partial charge in [-0.3, -0.25) is 0 Å². The molecule has 1 aliphatic carbocycles. The third-order valence-electron chi connectivity index (χ3n) is 3.70. The van der Waals surface area contributed by atoms with Crippen LogP contribution in [0.3, 0.4) is 0 Å². The Labute approximate surface area is 126 Å². The number of aromatic nitrogens is 3. The lowest BCUT2D eigenvalue weighted by Gasteiger charge is -2.26. The van der Waals surface area contributed by atoms with Gasteiger partial charge in [-0.15, -0.1) is 10.2 Å². The standard InChI is InChI=1S/C14H17FN4OS/c15-10-6-2-1-5-9(10)13-17-18-14(19(13)16)21-12-8-4-3-7-11(12)20/h1-2,5-6,11-12,20H,3-4,7-8,16H2. The van der Waals surface area contributed by atoms with Crippen LogP contribution in [0.15, 0.2) is 29.4 Å². The van der Waals surface area contributed by atoms with Crippen LogP contribution in [0.25, 0.3) is 11.4 Å². The highest BCUT2D eigenvalue weighted by Gasteiger charge is 2.26. The molecule has 21 heavy (non-hydrogen) atoms. The van der Waals surface area contributed by atoms with Gasteiger partial charge in [0.1, 0.15) is 5.82 Å². The van der Waals surface area contributed by atoms with Gasteiger partial charge in [-0.1, -0.05) is 36.7 Å². The zero-order valence-electron chi connectivity index (χ0n) is 11.4. The molecule has 1 heterocycles. The molecule has 2 atom stereocenters. The fourth-order valence-electron chi connectivity index (χ4n) is 2.53. The van der Waals surface area contributed by atoms with Crippen molar-refractivity contribution < 1.29 is 9.50 Å². The van der Waals surface area contributed by atoms with E-state index in [1.807, 2.05) is 0 Å². The highest BCUT2D eigenvalue weighted by molar-refractivity contribution is 7.99. The van der Waals surface area contributed by atoms with Crippen LogP contribution in [0.4, 0.5) is 4.39 Å². The summed E-state index contributed by atoms with van der Waals surface area (Å²) in [5.41, 5.74) is 0.323. The number of aliphatic hydroxyl groups excluding tert-OH is 1. The molecular formula is C14H17FN4OS. The molecular weight excluding hydrogens is 291 g/mol. The maximum absolute atomic E-state index is 13.8. The summed E-state index contributed by atoms with van der Waals surface area (Å²) in [6.07, 6.45) is 3.52. The number of thioether (sulfide) groups is 1. The van der Waals surface area contributed by atoms with Crippen LogP contribution in [-0.2, 0) is 0 Å². The van der Waals surface area contributed by atoms with Crippen molar-refractivity contribution in [2.45, 2.75) is 42.2 Å². The summed E-state index contributed by atoms with van der Waals surface area (Å²) in [5.74, 6) is 5.90. The lowest BCUT2D eigenvalue weighted by Crippen LogP contribution is -2.27. The summed E-state index contributed by atoms with van der Waals surface area (Å²) < 4.78 is 15.1. The van der Waals surface area contributed by atoms with Crippen molar-refractivity contribution in [3.05, 3.63) is 30.1 Å². The number of hydrogen-bond donors (Lipinski definition) is 2. The van der Waals surface area contributed by atoms with Crippen molar-refractivity contribution in [1.82, 2.24) is 14.9 Å². The molecule has 0 amide bonds. The SMILES string of the molecule is Nn1c(SC2CCCCC2O)nnc1-c1ccccc1F. The van der Waals surface area contributed by atoms with Crippen LogP contribution in [-0.4, -0.2) is 31.3 Å². The van der Waals surface area contributed by atoms with Crippen molar-refractivity contribution in [3.8, 4) is 11.4 Å². The van der Waals surface area contributed by atoms with Crippen molar-refractivity contribution in [1.29, 1.82) is 0 Å². The number of halogens is 1. The Morgan fingerprint density at radius 3 is 2.76 bits per heavy atom. The van der Waals surface area contributed by atoms with Gasteiger partial charge in [0.15, 0.2) is 5.82 Å². The zero-order valence-corrected chi connectivity index (χ0v) is 12.3. The van der Waals surface area contributed by atoms with E-state index in [0.717, 1.165) is 25.7 Å². The Kier molecular flexibility index (Phi) is 4.12. The first-order chi connectivity index (χ1) is 10.2. The number of nitrogen functional groups attached to an aromatic ring is 1. The second-order valence-corrected chi connectivity index (χ2v) is 6.37. The van der Waals surface area contributed by atoms with Gasteiger partial charge >= 0.3 is 0 Å². The summed E-state index contributed by atoms with van der Waals surface area (Å²) in [6, 6.07) is 6.32. The topological polar surface area (TPSA) is 77.0 Å². The Balaban J connectivity index is 1.84. The van der Waals surface area contributed by atoms with Crippen LogP contribution in [0, 0.1) is 5.82 Å². The van der Waals surface area contributed by atoms with Crippen LogP contribution < -0.4 is 5.84 Å². The van der Waals surface area contributed by atoms with Crippen molar-refractivity contribution >= 4 is 11.8 Å². The molecule has 0 radical (unpaired) electrons. The van der Waals surface area contributed by atoms with E-state index in [9.17, 15) is 9.50 Å². The molecule has 0 aliphatic heterocycles. The summed E-state index contributed by atoms with van der Waals surface area (Å²) in [6.45, 7) is 0. The van der Waals surface area contributed by atoms with E-state index in [2.05, 4.69) is 10.2 Å². The Bertz CT molecular complexity index is 633. The van der Waals surface area contributed by atoms with Gasteiger partial charge in [0.25, 0.3) is 0 Å². The molecule has 2 aromatic rings. The third kappa shape index (κ3) is 2.89. The molecule has 1 aliphatic rings. The molecule has 0 spiro atoms. The number of rotatable bonds is 3.